The zero-order chi connectivity index (χ0) is 15.7. The molecule has 1 aromatic carbocycles. The Morgan fingerprint density at radius 3 is 2.59 bits per heavy atom. The molecule has 1 aliphatic rings. The summed E-state index contributed by atoms with van der Waals surface area (Å²) in [6.45, 7) is 2.99. The van der Waals surface area contributed by atoms with E-state index in [-0.39, 0.29) is 6.04 Å². The predicted octanol–water partition coefficient (Wildman–Crippen LogP) is 1.77. The molecule has 0 bridgehead atoms. The molecule has 7 heteroatoms. The summed E-state index contributed by atoms with van der Waals surface area (Å²) >= 11 is 0. The maximum absolute atomic E-state index is 11.7. The number of nitrogens with one attached hydrogen (secondary N) is 1. The highest BCUT2D eigenvalue weighted by Crippen LogP contribution is 2.20. The number of piperidine rings is 1. The molecule has 6 nitrogen and oxygen atoms in total. The van der Waals surface area contributed by atoms with Crippen molar-refractivity contribution < 1.29 is 8.42 Å². The van der Waals surface area contributed by atoms with E-state index in [0.717, 1.165) is 35.4 Å². The molecule has 0 saturated carbocycles. The number of hydrogen-bond donors (Lipinski definition) is 1. The molecule has 1 aliphatic heterocycles. The smallest absolute Gasteiger partial charge is 0.211 e. The molecular weight excluding hydrogens is 300 g/mol. The van der Waals surface area contributed by atoms with Crippen molar-refractivity contribution in [2.24, 2.45) is 0 Å². The summed E-state index contributed by atoms with van der Waals surface area (Å²) in [5, 5.41) is 3.36. The molecule has 0 aliphatic carbocycles. The van der Waals surface area contributed by atoms with Crippen LogP contribution < -0.4 is 5.32 Å². The number of aryl methyl sites for hydroxylation is 1. The number of hydrogen-bond acceptors (Lipinski definition) is 5. The van der Waals surface area contributed by atoms with Crippen LogP contribution in [0.15, 0.2) is 24.3 Å². The summed E-state index contributed by atoms with van der Waals surface area (Å²) in [5.41, 5.74) is 2.54. The number of benzene rings is 1. The highest BCUT2D eigenvalue weighted by atomic mass is 32.2. The first-order valence-corrected chi connectivity index (χ1v) is 9.23. The number of nitrogens with zero attached hydrogens (tertiary/aromatic N) is 3. The van der Waals surface area contributed by atoms with Gasteiger partial charge in [-0.3, -0.25) is 0 Å². The highest BCUT2D eigenvalue weighted by Gasteiger charge is 2.26. The van der Waals surface area contributed by atoms with Gasteiger partial charge in [0.15, 0.2) is 0 Å². The first-order chi connectivity index (χ1) is 10.4. The van der Waals surface area contributed by atoms with Crippen molar-refractivity contribution >= 4 is 26.9 Å². The van der Waals surface area contributed by atoms with Gasteiger partial charge in [0.2, 0.25) is 10.0 Å². The van der Waals surface area contributed by atoms with E-state index in [0.29, 0.717) is 13.1 Å². The zero-order valence-electron chi connectivity index (χ0n) is 12.8. The number of anilines is 1. The molecular formula is C15H20N4O2S. The Bertz CT molecular complexity index is 791. The fraction of sp³-hybridized carbons (Fsp3) is 0.467. The summed E-state index contributed by atoms with van der Waals surface area (Å²) in [6.07, 6.45) is 3.04. The molecule has 1 aromatic heterocycles. The maximum atomic E-state index is 11.7. The van der Waals surface area contributed by atoms with Crippen LogP contribution in [0.25, 0.3) is 11.0 Å². The van der Waals surface area contributed by atoms with E-state index < -0.39 is 10.0 Å². The monoisotopic (exact) mass is 320 g/mol. The minimum Gasteiger partial charge on any atom is -0.364 e. The Morgan fingerprint density at radius 2 is 1.91 bits per heavy atom. The molecule has 22 heavy (non-hydrogen) atoms. The third-order valence-corrected chi connectivity index (χ3v) is 5.21. The van der Waals surface area contributed by atoms with Crippen LogP contribution >= 0.6 is 0 Å². The lowest BCUT2D eigenvalue weighted by Gasteiger charge is -2.31. The Labute approximate surface area is 130 Å². The average molecular weight is 320 g/mol. The van der Waals surface area contributed by atoms with Gasteiger partial charge in [-0.2, -0.15) is 0 Å². The van der Waals surface area contributed by atoms with Crippen molar-refractivity contribution in [1.29, 1.82) is 0 Å². The Kier molecular flexibility index (Phi) is 4.01. The second kappa shape index (κ2) is 5.81. The summed E-state index contributed by atoms with van der Waals surface area (Å²) in [6, 6.07) is 7.80. The molecule has 1 fully saturated rings. The molecule has 0 unspecified atom stereocenters. The van der Waals surface area contributed by atoms with E-state index in [4.69, 9.17) is 0 Å². The SMILES string of the molecule is Cc1nc2ccccc2nc1N[C@H]1CCCN(S(C)(=O)=O)C1. The van der Waals surface area contributed by atoms with Crippen LogP contribution in [0.2, 0.25) is 0 Å². The van der Waals surface area contributed by atoms with Crippen LogP contribution in [-0.2, 0) is 10.0 Å². The highest BCUT2D eigenvalue weighted by molar-refractivity contribution is 7.88. The number of sulfonamides is 1. The lowest BCUT2D eigenvalue weighted by atomic mass is 10.1. The molecule has 1 N–H and O–H groups in total. The van der Waals surface area contributed by atoms with E-state index in [9.17, 15) is 8.42 Å². The molecule has 2 aromatic rings. The van der Waals surface area contributed by atoms with Crippen molar-refractivity contribution in [1.82, 2.24) is 14.3 Å². The molecule has 1 atom stereocenters. The van der Waals surface area contributed by atoms with Gasteiger partial charge in [-0.05, 0) is 31.9 Å². The van der Waals surface area contributed by atoms with E-state index >= 15 is 0 Å². The fourth-order valence-electron chi connectivity index (χ4n) is 2.78. The predicted molar refractivity (Wildman–Crippen MR) is 87.3 cm³/mol. The molecule has 0 radical (unpaired) electrons. The quantitative estimate of drug-likeness (QED) is 0.933. The third-order valence-electron chi connectivity index (χ3n) is 3.94. The van der Waals surface area contributed by atoms with Gasteiger partial charge >= 0.3 is 0 Å². The summed E-state index contributed by atoms with van der Waals surface area (Å²) in [4.78, 5) is 9.17. The number of aromatic nitrogens is 2. The zero-order valence-corrected chi connectivity index (χ0v) is 13.6. The Balaban J connectivity index is 1.82. The molecule has 3 rings (SSSR count). The van der Waals surface area contributed by atoms with Gasteiger partial charge in [0.25, 0.3) is 0 Å². The standard InChI is InChI=1S/C15H20N4O2S/c1-11-15(18-14-8-4-3-7-13(14)16-11)17-12-6-5-9-19(10-12)22(2,20)21/h3-4,7-8,12H,5-6,9-10H2,1-2H3,(H,17,18)/t12-/m0/s1. The lowest BCUT2D eigenvalue weighted by Crippen LogP contribution is -2.44. The second-order valence-electron chi connectivity index (χ2n) is 5.75. The minimum atomic E-state index is -3.14. The maximum Gasteiger partial charge on any atom is 0.211 e. The van der Waals surface area contributed by atoms with Crippen LogP contribution in [0.4, 0.5) is 5.82 Å². The molecule has 118 valence electrons. The molecule has 0 spiro atoms. The Morgan fingerprint density at radius 1 is 1.23 bits per heavy atom. The largest absolute Gasteiger partial charge is 0.364 e. The average Bonchev–Trinajstić information content (AvgIpc) is 2.47. The lowest BCUT2D eigenvalue weighted by molar-refractivity contribution is 0.329. The fourth-order valence-corrected chi connectivity index (χ4v) is 3.69. The van der Waals surface area contributed by atoms with Crippen molar-refractivity contribution in [3.05, 3.63) is 30.0 Å². The first kappa shape index (κ1) is 15.2. The normalized spacial score (nSPS) is 20.2. The minimum absolute atomic E-state index is 0.0673. The number of para-hydroxylation sites is 2. The molecule has 2 heterocycles. The van der Waals surface area contributed by atoms with Gasteiger partial charge in [0.1, 0.15) is 5.82 Å². The van der Waals surface area contributed by atoms with Gasteiger partial charge in [-0.15, -0.1) is 0 Å². The van der Waals surface area contributed by atoms with Crippen LogP contribution in [0.5, 0.6) is 0 Å². The van der Waals surface area contributed by atoms with Crippen LogP contribution in [0, 0.1) is 6.92 Å². The molecule has 0 amide bonds. The summed E-state index contributed by atoms with van der Waals surface area (Å²) < 4.78 is 24.9. The van der Waals surface area contributed by atoms with Crippen molar-refractivity contribution in [2.45, 2.75) is 25.8 Å². The number of rotatable bonds is 3. The van der Waals surface area contributed by atoms with Crippen LogP contribution in [-0.4, -0.2) is 48.1 Å². The van der Waals surface area contributed by atoms with E-state index in [1.165, 1.54) is 10.6 Å². The third kappa shape index (κ3) is 3.20. The second-order valence-corrected chi connectivity index (χ2v) is 7.73. The van der Waals surface area contributed by atoms with Gasteiger partial charge in [0.05, 0.1) is 23.0 Å². The van der Waals surface area contributed by atoms with Gasteiger partial charge in [-0.25, -0.2) is 22.7 Å². The van der Waals surface area contributed by atoms with E-state index in [2.05, 4.69) is 15.3 Å². The topological polar surface area (TPSA) is 75.2 Å². The summed E-state index contributed by atoms with van der Waals surface area (Å²) in [7, 11) is -3.14. The van der Waals surface area contributed by atoms with Crippen molar-refractivity contribution in [3.63, 3.8) is 0 Å². The Hall–Kier alpha value is -1.73. The van der Waals surface area contributed by atoms with E-state index in [1.807, 2.05) is 31.2 Å². The van der Waals surface area contributed by atoms with Gasteiger partial charge in [-0.1, -0.05) is 12.1 Å². The van der Waals surface area contributed by atoms with Gasteiger partial charge in [0, 0.05) is 19.1 Å². The van der Waals surface area contributed by atoms with Gasteiger partial charge < -0.3 is 5.32 Å². The van der Waals surface area contributed by atoms with Crippen LogP contribution in [0.3, 0.4) is 0 Å². The van der Waals surface area contributed by atoms with Crippen molar-refractivity contribution in [2.75, 3.05) is 24.7 Å². The summed E-state index contributed by atoms with van der Waals surface area (Å²) in [5.74, 6) is 0.735. The van der Waals surface area contributed by atoms with Crippen molar-refractivity contribution in [3.8, 4) is 0 Å². The first-order valence-electron chi connectivity index (χ1n) is 7.38. The van der Waals surface area contributed by atoms with E-state index in [1.54, 1.807) is 0 Å². The van der Waals surface area contributed by atoms with Crippen LogP contribution in [0.1, 0.15) is 18.5 Å². The number of fused-ring (bicyclic) bond motifs is 1. The molecule has 1 saturated heterocycles.